The maximum absolute atomic E-state index is 5.85. The molecule has 0 aliphatic carbocycles. The Morgan fingerprint density at radius 3 is 2.90 bits per heavy atom. The third-order valence-corrected chi connectivity index (χ3v) is 7.07. The van der Waals surface area contributed by atoms with Crippen LogP contribution in [0.25, 0.3) is 0 Å². The van der Waals surface area contributed by atoms with Crippen LogP contribution in [0, 0.1) is 0 Å². The van der Waals surface area contributed by atoms with Crippen molar-refractivity contribution in [3.05, 3.63) is 19.2 Å². The largest absolute Gasteiger partial charge is 0.378 e. The molecule has 1 saturated heterocycles. The van der Waals surface area contributed by atoms with E-state index in [0.717, 1.165) is 30.5 Å². The molecule has 0 spiro atoms. The molecule has 5 heteroatoms. The topological polar surface area (TPSA) is 21.3 Å². The first-order valence-corrected chi connectivity index (χ1v) is 9.90. The van der Waals surface area contributed by atoms with E-state index in [-0.39, 0.29) is 0 Å². The van der Waals surface area contributed by atoms with E-state index in [2.05, 4.69) is 50.2 Å². The third-order valence-electron chi connectivity index (χ3n) is 3.70. The number of hydrogen-bond acceptors (Lipinski definition) is 3. The van der Waals surface area contributed by atoms with Crippen LogP contribution in [0.1, 0.15) is 56.4 Å². The van der Waals surface area contributed by atoms with Crippen molar-refractivity contribution >= 4 is 43.2 Å². The molecule has 2 nitrogen and oxygen atoms in total. The Balaban J connectivity index is 1.92. The molecule has 114 valence electrons. The molecule has 1 fully saturated rings. The van der Waals surface area contributed by atoms with Crippen LogP contribution in [-0.4, -0.2) is 19.3 Å². The normalized spacial score (nSPS) is 21.1. The number of halogens is 2. The first kappa shape index (κ1) is 16.9. The Labute approximate surface area is 142 Å². The molecule has 0 bridgehead atoms. The molecule has 2 heterocycles. The molecule has 0 amide bonds. The molecular formula is C15H23Br2NOS. The van der Waals surface area contributed by atoms with Gasteiger partial charge in [-0.05, 0) is 83.0 Å². The van der Waals surface area contributed by atoms with E-state index in [0.29, 0.717) is 12.1 Å². The predicted octanol–water partition coefficient (Wildman–Crippen LogP) is 5.66. The lowest BCUT2D eigenvalue weighted by molar-refractivity contribution is 0.00860. The Bertz CT molecular complexity index is 385. The summed E-state index contributed by atoms with van der Waals surface area (Å²) in [7, 11) is 0. The van der Waals surface area contributed by atoms with E-state index in [4.69, 9.17) is 4.74 Å². The highest BCUT2D eigenvalue weighted by Crippen LogP contribution is 2.37. The van der Waals surface area contributed by atoms with Gasteiger partial charge >= 0.3 is 0 Å². The molecule has 1 N–H and O–H groups in total. The van der Waals surface area contributed by atoms with Gasteiger partial charge in [-0.3, -0.25) is 0 Å². The van der Waals surface area contributed by atoms with Crippen LogP contribution in [0.15, 0.2) is 14.3 Å². The summed E-state index contributed by atoms with van der Waals surface area (Å²) in [5.41, 5.74) is 0. The van der Waals surface area contributed by atoms with Crippen LogP contribution in [0.5, 0.6) is 0 Å². The molecule has 2 rings (SSSR count). The van der Waals surface area contributed by atoms with Gasteiger partial charge in [0.1, 0.15) is 0 Å². The summed E-state index contributed by atoms with van der Waals surface area (Å²) < 4.78 is 8.20. The summed E-state index contributed by atoms with van der Waals surface area (Å²) in [5, 5.41) is 3.68. The highest BCUT2D eigenvalue weighted by atomic mass is 79.9. The summed E-state index contributed by atoms with van der Waals surface area (Å²) in [4.78, 5) is 1.41. The number of ether oxygens (including phenoxy) is 1. The molecule has 0 aromatic carbocycles. The predicted molar refractivity (Wildman–Crippen MR) is 93.6 cm³/mol. The Morgan fingerprint density at radius 1 is 1.45 bits per heavy atom. The quantitative estimate of drug-likeness (QED) is 0.609. The van der Waals surface area contributed by atoms with Gasteiger partial charge in [0.2, 0.25) is 0 Å². The standard InChI is InChI=1S/C15H23Br2NOS/c1-2-8-18-13(14-10-12(16)15(17)20-14)7-6-11-5-3-4-9-19-11/h10-11,13,18H,2-9H2,1H3. The summed E-state index contributed by atoms with van der Waals surface area (Å²) in [6, 6.07) is 2.69. The minimum Gasteiger partial charge on any atom is -0.378 e. The zero-order chi connectivity index (χ0) is 14.4. The maximum Gasteiger partial charge on any atom is 0.0843 e. The number of thiophene rings is 1. The van der Waals surface area contributed by atoms with Gasteiger partial charge in [-0.1, -0.05) is 6.92 Å². The maximum atomic E-state index is 5.85. The highest BCUT2D eigenvalue weighted by molar-refractivity contribution is 9.13. The summed E-state index contributed by atoms with van der Waals surface area (Å²) in [6.07, 6.45) is 7.76. The fourth-order valence-electron chi connectivity index (χ4n) is 2.59. The van der Waals surface area contributed by atoms with Crippen molar-refractivity contribution in [2.45, 2.75) is 57.6 Å². The third kappa shape index (κ3) is 5.09. The summed E-state index contributed by atoms with van der Waals surface area (Å²) in [5.74, 6) is 0. The Hall–Kier alpha value is 0.580. The van der Waals surface area contributed by atoms with Gasteiger partial charge in [0.15, 0.2) is 0 Å². The van der Waals surface area contributed by atoms with Gasteiger partial charge in [0.05, 0.1) is 9.89 Å². The van der Waals surface area contributed by atoms with E-state index < -0.39 is 0 Å². The molecular weight excluding hydrogens is 402 g/mol. The lowest BCUT2D eigenvalue weighted by Gasteiger charge is -2.25. The second-order valence-electron chi connectivity index (χ2n) is 5.34. The van der Waals surface area contributed by atoms with Crippen molar-refractivity contribution in [2.75, 3.05) is 13.2 Å². The molecule has 1 aromatic rings. The molecule has 0 saturated carbocycles. The minimum absolute atomic E-state index is 0.452. The number of hydrogen-bond donors (Lipinski definition) is 1. The van der Waals surface area contributed by atoms with Gasteiger partial charge in [-0.2, -0.15) is 0 Å². The first-order valence-electron chi connectivity index (χ1n) is 7.50. The smallest absolute Gasteiger partial charge is 0.0843 e. The number of rotatable bonds is 7. The minimum atomic E-state index is 0.452. The second kappa shape index (κ2) is 8.89. The van der Waals surface area contributed by atoms with Gasteiger partial charge in [0, 0.05) is 22.0 Å². The first-order chi connectivity index (χ1) is 9.70. The zero-order valence-electron chi connectivity index (χ0n) is 12.0. The van der Waals surface area contributed by atoms with Crippen molar-refractivity contribution in [1.29, 1.82) is 0 Å². The highest BCUT2D eigenvalue weighted by Gasteiger charge is 2.19. The van der Waals surface area contributed by atoms with Gasteiger partial charge in [0.25, 0.3) is 0 Å². The van der Waals surface area contributed by atoms with Crippen molar-refractivity contribution in [3.63, 3.8) is 0 Å². The van der Waals surface area contributed by atoms with Gasteiger partial charge < -0.3 is 10.1 Å². The second-order valence-corrected chi connectivity index (χ2v) is 8.60. The SMILES string of the molecule is CCCNC(CCC1CCCCO1)c1cc(Br)c(Br)s1. The summed E-state index contributed by atoms with van der Waals surface area (Å²) in [6.45, 7) is 4.24. The van der Waals surface area contributed by atoms with Crippen LogP contribution in [0.2, 0.25) is 0 Å². The van der Waals surface area contributed by atoms with Crippen molar-refractivity contribution in [2.24, 2.45) is 0 Å². The average molecular weight is 425 g/mol. The van der Waals surface area contributed by atoms with Crippen molar-refractivity contribution < 1.29 is 4.74 Å². The van der Waals surface area contributed by atoms with Crippen molar-refractivity contribution in [1.82, 2.24) is 5.32 Å². The van der Waals surface area contributed by atoms with Crippen LogP contribution in [-0.2, 0) is 4.74 Å². The molecule has 1 aromatic heterocycles. The summed E-state index contributed by atoms with van der Waals surface area (Å²) >= 11 is 9.02. The van der Waals surface area contributed by atoms with E-state index in [1.54, 1.807) is 0 Å². The molecule has 20 heavy (non-hydrogen) atoms. The van der Waals surface area contributed by atoms with E-state index in [9.17, 15) is 0 Å². The van der Waals surface area contributed by atoms with Crippen LogP contribution in [0.4, 0.5) is 0 Å². The Kier molecular flexibility index (Phi) is 7.53. The van der Waals surface area contributed by atoms with Crippen LogP contribution >= 0.6 is 43.2 Å². The lowest BCUT2D eigenvalue weighted by atomic mass is 10.0. The van der Waals surface area contributed by atoms with E-state index in [1.165, 1.54) is 34.3 Å². The fraction of sp³-hybridized carbons (Fsp3) is 0.733. The Morgan fingerprint density at radius 2 is 2.30 bits per heavy atom. The molecule has 1 aliphatic rings. The van der Waals surface area contributed by atoms with Gasteiger partial charge in [-0.15, -0.1) is 11.3 Å². The molecule has 2 atom stereocenters. The zero-order valence-corrected chi connectivity index (χ0v) is 15.9. The molecule has 2 unspecified atom stereocenters. The lowest BCUT2D eigenvalue weighted by Crippen LogP contribution is -2.25. The van der Waals surface area contributed by atoms with E-state index in [1.807, 2.05) is 11.3 Å². The van der Waals surface area contributed by atoms with Gasteiger partial charge in [-0.25, -0.2) is 0 Å². The van der Waals surface area contributed by atoms with Crippen LogP contribution in [0.3, 0.4) is 0 Å². The van der Waals surface area contributed by atoms with E-state index >= 15 is 0 Å². The van der Waals surface area contributed by atoms with Crippen molar-refractivity contribution in [3.8, 4) is 0 Å². The monoisotopic (exact) mass is 423 g/mol. The molecule has 0 radical (unpaired) electrons. The van der Waals surface area contributed by atoms with Crippen LogP contribution < -0.4 is 5.32 Å². The molecule has 1 aliphatic heterocycles. The number of nitrogens with one attached hydrogen (secondary N) is 1. The average Bonchev–Trinajstić information content (AvgIpc) is 2.80. The fourth-order valence-corrected chi connectivity index (χ4v) is 4.79.